The van der Waals surface area contributed by atoms with E-state index in [1.54, 1.807) is 0 Å². The lowest BCUT2D eigenvalue weighted by Gasteiger charge is -2.26. The predicted octanol–water partition coefficient (Wildman–Crippen LogP) is 2.57. The number of likely N-dealkylation sites (tertiary alicyclic amines) is 1. The Morgan fingerprint density at radius 2 is 1.56 bits per heavy atom. The highest BCUT2D eigenvalue weighted by Gasteiger charge is 2.14. The van der Waals surface area contributed by atoms with E-state index in [2.05, 4.69) is 4.90 Å². The van der Waals surface area contributed by atoms with Gasteiger partial charge in [-0.15, -0.1) is 0 Å². The minimum absolute atomic E-state index is 0.398. The van der Waals surface area contributed by atoms with Gasteiger partial charge >= 0.3 is 0 Å². The summed E-state index contributed by atoms with van der Waals surface area (Å²) < 4.78 is 0. The number of aliphatic hydroxyl groups is 1. The summed E-state index contributed by atoms with van der Waals surface area (Å²) in [5, 5.41) is 10.2. The molecule has 3 N–H and O–H groups in total. The third kappa shape index (κ3) is 4.00. The van der Waals surface area contributed by atoms with Crippen LogP contribution in [-0.4, -0.2) is 29.6 Å². The van der Waals surface area contributed by atoms with E-state index < -0.39 is 6.10 Å². The van der Waals surface area contributed by atoms with Crippen LogP contribution in [0.3, 0.4) is 0 Å². The number of hydrogen-bond acceptors (Lipinski definition) is 3. The van der Waals surface area contributed by atoms with Crippen molar-refractivity contribution < 1.29 is 5.11 Å². The first-order valence-corrected chi connectivity index (χ1v) is 7.01. The van der Waals surface area contributed by atoms with Gasteiger partial charge in [0.2, 0.25) is 0 Å². The number of nitrogen functional groups attached to an aromatic ring is 1. The second kappa shape index (κ2) is 6.76. The number of benzene rings is 1. The Morgan fingerprint density at radius 3 is 2.17 bits per heavy atom. The molecule has 1 saturated heterocycles. The van der Waals surface area contributed by atoms with E-state index in [1.165, 1.54) is 32.1 Å². The van der Waals surface area contributed by atoms with Crippen LogP contribution in [0.2, 0.25) is 0 Å². The van der Waals surface area contributed by atoms with Crippen molar-refractivity contribution in [1.82, 2.24) is 4.90 Å². The number of β-amino-alcohol motifs (C(OH)–C–C–N with tert-alkyl or cyclic N) is 1. The van der Waals surface area contributed by atoms with Crippen LogP contribution in [0.15, 0.2) is 24.3 Å². The van der Waals surface area contributed by atoms with Crippen molar-refractivity contribution in [2.75, 3.05) is 25.4 Å². The average Bonchev–Trinajstić information content (AvgIpc) is 2.33. The van der Waals surface area contributed by atoms with Crippen molar-refractivity contribution in [3.05, 3.63) is 29.8 Å². The summed E-state index contributed by atoms with van der Waals surface area (Å²) in [4.78, 5) is 2.39. The molecule has 1 aliphatic rings. The molecule has 100 valence electrons. The molecule has 1 aliphatic heterocycles. The van der Waals surface area contributed by atoms with Gasteiger partial charge in [-0.2, -0.15) is 0 Å². The number of hydrogen-bond donors (Lipinski definition) is 2. The van der Waals surface area contributed by atoms with Crippen LogP contribution in [0.4, 0.5) is 5.69 Å². The molecule has 0 spiro atoms. The molecule has 1 fully saturated rings. The van der Waals surface area contributed by atoms with Gasteiger partial charge in [-0.05, 0) is 43.6 Å². The second-order valence-electron chi connectivity index (χ2n) is 5.25. The monoisotopic (exact) mass is 248 g/mol. The number of nitrogens with zero attached hydrogens (tertiary/aromatic N) is 1. The van der Waals surface area contributed by atoms with E-state index in [0.29, 0.717) is 0 Å². The van der Waals surface area contributed by atoms with Crippen LogP contribution in [-0.2, 0) is 0 Å². The summed E-state index contributed by atoms with van der Waals surface area (Å²) in [7, 11) is 0. The largest absolute Gasteiger partial charge is 0.399 e. The SMILES string of the molecule is Nc1ccc(C(O)CN2CCCCCCC2)cc1. The van der Waals surface area contributed by atoms with Crippen molar-refractivity contribution >= 4 is 5.69 Å². The lowest BCUT2D eigenvalue weighted by Crippen LogP contribution is -2.31. The van der Waals surface area contributed by atoms with Crippen molar-refractivity contribution in [3.63, 3.8) is 0 Å². The Balaban J connectivity index is 1.88. The minimum atomic E-state index is -0.398. The van der Waals surface area contributed by atoms with Gasteiger partial charge < -0.3 is 15.7 Å². The van der Waals surface area contributed by atoms with E-state index in [9.17, 15) is 5.11 Å². The first-order chi connectivity index (χ1) is 8.75. The molecule has 0 aliphatic carbocycles. The molecular weight excluding hydrogens is 224 g/mol. The molecule has 2 rings (SSSR count). The van der Waals surface area contributed by atoms with Crippen LogP contribution >= 0.6 is 0 Å². The van der Waals surface area contributed by atoms with E-state index in [1.807, 2.05) is 24.3 Å². The molecule has 1 aromatic carbocycles. The molecule has 0 aromatic heterocycles. The van der Waals surface area contributed by atoms with Gasteiger partial charge in [-0.3, -0.25) is 0 Å². The molecule has 3 heteroatoms. The van der Waals surface area contributed by atoms with Crippen molar-refractivity contribution in [2.45, 2.75) is 38.2 Å². The highest BCUT2D eigenvalue weighted by molar-refractivity contribution is 5.39. The third-order valence-corrected chi connectivity index (χ3v) is 3.70. The van der Waals surface area contributed by atoms with Crippen LogP contribution in [0.5, 0.6) is 0 Å². The van der Waals surface area contributed by atoms with Crippen LogP contribution < -0.4 is 5.73 Å². The summed E-state index contributed by atoms with van der Waals surface area (Å²) in [5.74, 6) is 0. The van der Waals surface area contributed by atoms with Gasteiger partial charge in [0.05, 0.1) is 6.10 Å². The predicted molar refractivity (Wildman–Crippen MR) is 75.3 cm³/mol. The van der Waals surface area contributed by atoms with Gasteiger partial charge in [-0.25, -0.2) is 0 Å². The Labute approximate surface area is 110 Å². The second-order valence-corrected chi connectivity index (χ2v) is 5.25. The lowest BCUT2D eigenvalue weighted by molar-refractivity contribution is 0.108. The first-order valence-electron chi connectivity index (χ1n) is 7.01. The average molecular weight is 248 g/mol. The highest BCUT2D eigenvalue weighted by Crippen LogP contribution is 2.18. The number of rotatable bonds is 3. The molecule has 18 heavy (non-hydrogen) atoms. The maximum Gasteiger partial charge on any atom is 0.0916 e. The van der Waals surface area contributed by atoms with E-state index >= 15 is 0 Å². The Bertz CT molecular complexity index is 342. The fraction of sp³-hybridized carbons (Fsp3) is 0.600. The third-order valence-electron chi connectivity index (χ3n) is 3.70. The van der Waals surface area contributed by atoms with Crippen molar-refractivity contribution in [1.29, 1.82) is 0 Å². The fourth-order valence-electron chi connectivity index (χ4n) is 2.56. The zero-order valence-electron chi connectivity index (χ0n) is 11.0. The Hall–Kier alpha value is -1.06. The molecule has 0 saturated carbocycles. The van der Waals surface area contributed by atoms with Gasteiger partial charge in [0, 0.05) is 12.2 Å². The molecule has 1 unspecified atom stereocenters. The first kappa shape index (κ1) is 13.4. The maximum absolute atomic E-state index is 10.2. The summed E-state index contributed by atoms with van der Waals surface area (Å²) in [6.07, 6.45) is 6.14. The molecule has 1 atom stereocenters. The highest BCUT2D eigenvalue weighted by atomic mass is 16.3. The molecule has 0 amide bonds. The lowest BCUT2D eigenvalue weighted by atomic mass is 10.1. The standard InChI is InChI=1S/C15H24N2O/c16-14-8-6-13(7-9-14)15(18)12-17-10-4-2-1-3-5-11-17/h6-9,15,18H,1-5,10-12,16H2. The summed E-state index contributed by atoms with van der Waals surface area (Å²) in [6.45, 7) is 2.97. The smallest absolute Gasteiger partial charge is 0.0916 e. The molecule has 0 radical (unpaired) electrons. The Kier molecular flexibility index (Phi) is 5.02. The van der Waals surface area contributed by atoms with Gasteiger partial charge in [-0.1, -0.05) is 31.4 Å². The van der Waals surface area contributed by atoms with Crippen LogP contribution in [0, 0.1) is 0 Å². The van der Waals surface area contributed by atoms with Gasteiger partial charge in [0.1, 0.15) is 0 Å². The number of anilines is 1. The fourth-order valence-corrected chi connectivity index (χ4v) is 2.56. The normalized spacial score (nSPS) is 20.1. The molecular formula is C15H24N2O. The van der Waals surface area contributed by atoms with Gasteiger partial charge in [0.15, 0.2) is 0 Å². The summed E-state index contributed by atoms with van der Waals surface area (Å²) >= 11 is 0. The zero-order chi connectivity index (χ0) is 12.8. The molecule has 1 heterocycles. The summed E-state index contributed by atoms with van der Waals surface area (Å²) in [6, 6.07) is 7.55. The number of nitrogens with two attached hydrogens (primary N) is 1. The Morgan fingerprint density at radius 1 is 1.00 bits per heavy atom. The van der Waals surface area contributed by atoms with E-state index in [-0.39, 0.29) is 0 Å². The van der Waals surface area contributed by atoms with E-state index in [4.69, 9.17) is 5.73 Å². The van der Waals surface area contributed by atoms with Crippen molar-refractivity contribution in [2.24, 2.45) is 0 Å². The molecule has 1 aromatic rings. The van der Waals surface area contributed by atoms with Crippen molar-refractivity contribution in [3.8, 4) is 0 Å². The number of aliphatic hydroxyl groups excluding tert-OH is 1. The summed E-state index contributed by atoms with van der Waals surface area (Å²) in [5.41, 5.74) is 7.37. The maximum atomic E-state index is 10.2. The molecule has 0 bridgehead atoms. The van der Waals surface area contributed by atoms with E-state index in [0.717, 1.165) is 30.9 Å². The zero-order valence-corrected chi connectivity index (χ0v) is 11.0. The topological polar surface area (TPSA) is 49.5 Å². The van der Waals surface area contributed by atoms with Crippen LogP contribution in [0.25, 0.3) is 0 Å². The molecule has 3 nitrogen and oxygen atoms in total. The minimum Gasteiger partial charge on any atom is -0.399 e. The quantitative estimate of drug-likeness (QED) is 0.808. The van der Waals surface area contributed by atoms with Crippen LogP contribution in [0.1, 0.15) is 43.8 Å². The van der Waals surface area contributed by atoms with Gasteiger partial charge in [0.25, 0.3) is 0 Å².